The maximum atomic E-state index is 12.4. The van der Waals surface area contributed by atoms with Gasteiger partial charge in [0.1, 0.15) is 5.82 Å². The average Bonchev–Trinajstić information content (AvgIpc) is 3.21. The number of rotatable bonds is 6. The topological polar surface area (TPSA) is 80.2 Å². The van der Waals surface area contributed by atoms with Crippen molar-refractivity contribution in [2.45, 2.75) is 39.2 Å². The number of hydrogen-bond acceptors (Lipinski definition) is 7. The summed E-state index contributed by atoms with van der Waals surface area (Å²) in [5, 5.41) is 4.05. The summed E-state index contributed by atoms with van der Waals surface area (Å²) in [7, 11) is 1.61. The van der Waals surface area contributed by atoms with Gasteiger partial charge in [0.05, 0.1) is 19.1 Å². The summed E-state index contributed by atoms with van der Waals surface area (Å²) in [5.74, 6) is 1.51. The van der Waals surface area contributed by atoms with Crippen LogP contribution in [0.2, 0.25) is 0 Å². The molecule has 1 atom stereocenters. The number of hydrogen-bond donors (Lipinski definition) is 1. The second-order valence-corrected chi connectivity index (χ2v) is 7.38. The number of thiazole rings is 1. The van der Waals surface area contributed by atoms with E-state index in [0.29, 0.717) is 24.7 Å². The third kappa shape index (κ3) is 4.32. The molecule has 1 fully saturated rings. The molecule has 8 heteroatoms. The summed E-state index contributed by atoms with van der Waals surface area (Å²) >= 11 is 1.58. The number of aromatic nitrogens is 3. The smallest absolute Gasteiger partial charge is 0.225 e. The van der Waals surface area contributed by atoms with Crippen LogP contribution in [0, 0.1) is 13.8 Å². The van der Waals surface area contributed by atoms with E-state index in [1.54, 1.807) is 18.4 Å². The monoisotopic (exact) mass is 361 g/mol. The second-order valence-electron chi connectivity index (χ2n) is 6.14. The third-order valence-electron chi connectivity index (χ3n) is 4.12. The molecule has 1 N–H and O–H groups in total. The molecular formula is C17H23N5O2S. The van der Waals surface area contributed by atoms with E-state index in [4.69, 9.17) is 4.74 Å². The maximum Gasteiger partial charge on any atom is 0.225 e. The number of ether oxygens (including phenoxy) is 1. The van der Waals surface area contributed by atoms with Crippen molar-refractivity contribution in [2.75, 3.05) is 25.6 Å². The van der Waals surface area contributed by atoms with Gasteiger partial charge in [-0.2, -0.15) is 0 Å². The normalized spacial score (nSPS) is 17.1. The van der Waals surface area contributed by atoms with Gasteiger partial charge < -0.3 is 15.0 Å². The first kappa shape index (κ1) is 17.8. The number of carbonyl (C=O) groups excluding carboxylic acids is 1. The van der Waals surface area contributed by atoms with Gasteiger partial charge in [-0.3, -0.25) is 4.79 Å². The summed E-state index contributed by atoms with van der Waals surface area (Å²) in [6.45, 7) is 5.14. The van der Waals surface area contributed by atoms with Crippen LogP contribution in [0.3, 0.4) is 0 Å². The summed E-state index contributed by atoms with van der Waals surface area (Å²) in [6.07, 6.45) is 4.07. The van der Waals surface area contributed by atoms with Crippen LogP contribution in [0.25, 0.3) is 0 Å². The van der Waals surface area contributed by atoms with Crippen molar-refractivity contribution in [1.82, 2.24) is 19.9 Å². The number of likely N-dealkylation sites (tertiary alicyclic amines) is 1. The van der Waals surface area contributed by atoms with E-state index in [9.17, 15) is 4.79 Å². The molecule has 1 amide bonds. The summed E-state index contributed by atoms with van der Waals surface area (Å²) in [6, 6.07) is 1.83. The standard InChI is InChI=1S/C17H23N5O2S/c1-11-9-14(21-17-18-10-12(2)25-17)20-16(19-11)13-5-4-7-22(13)15(23)6-8-24-3/h9-10,13H,4-8H2,1-3H3,(H,18,19,20,21)/t13-/m0/s1. The molecule has 2 aromatic heterocycles. The Kier molecular flexibility index (Phi) is 5.60. The molecule has 25 heavy (non-hydrogen) atoms. The molecule has 0 radical (unpaired) electrons. The molecule has 0 bridgehead atoms. The van der Waals surface area contributed by atoms with E-state index in [0.717, 1.165) is 35.1 Å². The minimum Gasteiger partial charge on any atom is -0.384 e. The highest BCUT2D eigenvalue weighted by Crippen LogP contribution is 2.31. The second kappa shape index (κ2) is 7.88. The number of amides is 1. The van der Waals surface area contributed by atoms with Crippen molar-refractivity contribution < 1.29 is 9.53 Å². The molecule has 134 valence electrons. The molecule has 0 aromatic carbocycles. The Morgan fingerprint density at radius 1 is 1.44 bits per heavy atom. The highest BCUT2D eigenvalue weighted by atomic mass is 32.1. The van der Waals surface area contributed by atoms with Crippen molar-refractivity contribution in [2.24, 2.45) is 0 Å². The van der Waals surface area contributed by atoms with E-state index in [1.165, 1.54) is 0 Å². The van der Waals surface area contributed by atoms with Crippen LogP contribution in [0.4, 0.5) is 10.9 Å². The molecule has 0 unspecified atom stereocenters. The molecule has 0 aliphatic carbocycles. The van der Waals surface area contributed by atoms with Crippen molar-refractivity contribution in [1.29, 1.82) is 0 Å². The van der Waals surface area contributed by atoms with Crippen LogP contribution < -0.4 is 5.32 Å². The zero-order chi connectivity index (χ0) is 17.8. The van der Waals surface area contributed by atoms with E-state index in [1.807, 2.05) is 31.0 Å². The van der Waals surface area contributed by atoms with Crippen molar-refractivity contribution in [3.63, 3.8) is 0 Å². The van der Waals surface area contributed by atoms with Gasteiger partial charge in [0.15, 0.2) is 11.0 Å². The van der Waals surface area contributed by atoms with Crippen LogP contribution in [0.15, 0.2) is 12.3 Å². The Hall–Kier alpha value is -2.06. The summed E-state index contributed by atoms with van der Waals surface area (Å²) < 4.78 is 5.03. The number of methoxy groups -OCH3 is 1. The lowest BCUT2D eigenvalue weighted by Gasteiger charge is -2.24. The van der Waals surface area contributed by atoms with E-state index >= 15 is 0 Å². The number of aryl methyl sites for hydroxylation is 2. The van der Waals surface area contributed by atoms with Gasteiger partial charge in [-0.15, -0.1) is 11.3 Å². The first-order valence-electron chi connectivity index (χ1n) is 8.40. The maximum absolute atomic E-state index is 12.4. The van der Waals surface area contributed by atoms with E-state index in [-0.39, 0.29) is 11.9 Å². The Morgan fingerprint density at radius 2 is 2.28 bits per heavy atom. The average molecular weight is 361 g/mol. The summed E-state index contributed by atoms with van der Waals surface area (Å²) in [4.78, 5) is 29.0. The van der Waals surface area contributed by atoms with Crippen LogP contribution in [0.5, 0.6) is 0 Å². The largest absolute Gasteiger partial charge is 0.384 e. The lowest BCUT2D eigenvalue weighted by atomic mass is 10.2. The Balaban J connectivity index is 1.80. The molecule has 0 saturated carbocycles. The Labute approximate surface area is 151 Å². The summed E-state index contributed by atoms with van der Waals surface area (Å²) in [5.41, 5.74) is 0.872. The minimum absolute atomic E-state index is 0.0668. The molecular weight excluding hydrogens is 338 g/mol. The van der Waals surface area contributed by atoms with Gasteiger partial charge in [0.2, 0.25) is 5.91 Å². The highest BCUT2D eigenvalue weighted by molar-refractivity contribution is 7.15. The molecule has 0 spiro atoms. The fourth-order valence-corrected chi connectivity index (χ4v) is 3.66. The van der Waals surface area contributed by atoms with E-state index < -0.39 is 0 Å². The van der Waals surface area contributed by atoms with Gasteiger partial charge in [0, 0.05) is 36.5 Å². The predicted octanol–water partition coefficient (Wildman–Crippen LogP) is 2.99. The predicted molar refractivity (Wildman–Crippen MR) is 97.1 cm³/mol. The number of nitrogens with one attached hydrogen (secondary N) is 1. The number of anilines is 2. The van der Waals surface area contributed by atoms with Gasteiger partial charge >= 0.3 is 0 Å². The minimum atomic E-state index is -0.0668. The number of nitrogens with zero attached hydrogens (tertiary/aromatic N) is 4. The first-order valence-corrected chi connectivity index (χ1v) is 9.22. The molecule has 3 rings (SSSR count). The SMILES string of the molecule is COCCC(=O)N1CCC[C@H]1c1nc(C)cc(Nc2ncc(C)s2)n1. The first-order chi connectivity index (χ1) is 12.1. The van der Waals surface area contributed by atoms with Gasteiger partial charge in [-0.05, 0) is 26.7 Å². The van der Waals surface area contributed by atoms with Crippen LogP contribution in [-0.2, 0) is 9.53 Å². The van der Waals surface area contributed by atoms with Crippen molar-refractivity contribution in [3.05, 3.63) is 28.7 Å². The van der Waals surface area contributed by atoms with Gasteiger partial charge in [0.25, 0.3) is 0 Å². The van der Waals surface area contributed by atoms with Gasteiger partial charge in [-0.1, -0.05) is 0 Å². The Morgan fingerprint density at radius 3 is 3.00 bits per heavy atom. The van der Waals surface area contributed by atoms with Crippen molar-refractivity contribution >= 4 is 28.2 Å². The van der Waals surface area contributed by atoms with Crippen LogP contribution in [-0.4, -0.2) is 46.0 Å². The van der Waals surface area contributed by atoms with Crippen LogP contribution in [0.1, 0.15) is 41.7 Å². The number of carbonyl (C=O) groups is 1. The molecule has 2 aromatic rings. The molecule has 1 aliphatic heterocycles. The molecule has 3 heterocycles. The molecule has 1 aliphatic rings. The lowest BCUT2D eigenvalue weighted by molar-refractivity contribution is -0.133. The van der Waals surface area contributed by atoms with E-state index in [2.05, 4.69) is 20.3 Å². The molecule has 7 nitrogen and oxygen atoms in total. The zero-order valence-corrected chi connectivity index (χ0v) is 15.6. The Bertz CT molecular complexity index is 748. The lowest BCUT2D eigenvalue weighted by Crippen LogP contribution is -2.32. The van der Waals surface area contributed by atoms with Crippen LogP contribution >= 0.6 is 11.3 Å². The quantitative estimate of drug-likeness (QED) is 0.852. The zero-order valence-electron chi connectivity index (χ0n) is 14.8. The highest BCUT2D eigenvalue weighted by Gasteiger charge is 2.32. The fraction of sp³-hybridized carbons (Fsp3) is 0.529. The molecule has 1 saturated heterocycles. The third-order valence-corrected chi connectivity index (χ3v) is 4.95. The van der Waals surface area contributed by atoms with Crippen molar-refractivity contribution in [3.8, 4) is 0 Å². The van der Waals surface area contributed by atoms with Gasteiger partial charge in [-0.25, -0.2) is 15.0 Å². The fourth-order valence-electron chi connectivity index (χ4n) is 2.99.